The second kappa shape index (κ2) is 5.26. The summed E-state index contributed by atoms with van der Waals surface area (Å²) in [4.78, 5) is 2.11. The van der Waals surface area contributed by atoms with Gasteiger partial charge in [0.2, 0.25) is 0 Å². The first kappa shape index (κ1) is 13.7. The minimum absolute atomic E-state index is 0.119. The highest BCUT2D eigenvalue weighted by Crippen LogP contribution is 2.31. The maximum atomic E-state index is 11.5. The maximum Gasteiger partial charge on any atom is 0.161 e. The zero-order valence-corrected chi connectivity index (χ0v) is 12.4. The summed E-state index contributed by atoms with van der Waals surface area (Å²) >= 11 is 0. The Morgan fingerprint density at radius 2 is 2.00 bits per heavy atom. The van der Waals surface area contributed by atoms with E-state index in [0.29, 0.717) is 19.0 Å². The van der Waals surface area contributed by atoms with E-state index in [1.165, 1.54) is 0 Å². The van der Waals surface area contributed by atoms with Gasteiger partial charge in [0.1, 0.15) is 13.2 Å². The molecule has 0 saturated carbocycles. The zero-order chi connectivity index (χ0) is 14.2. The molecule has 1 aromatic carbocycles. The molecule has 2 heterocycles. The molecule has 110 valence electrons. The molecule has 0 radical (unpaired) electrons. The molecule has 3 rings (SSSR count). The van der Waals surface area contributed by atoms with Crippen LogP contribution in [0.2, 0.25) is 0 Å². The third-order valence-corrected chi connectivity index (χ3v) is 5.62. The summed E-state index contributed by atoms with van der Waals surface area (Å²) in [6.45, 7) is 1.89. The van der Waals surface area contributed by atoms with Gasteiger partial charge in [0.05, 0.1) is 11.5 Å². The van der Waals surface area contributed by atoms with Crippen molar-refractivity contribution in [3.63, 3.8) is 0 Å². The van der Waals surface area contributed by atoms with Crippen molar-refractivity contribution in [2.45, 2.75) is 19.0 Å². The maximum absolute atomic E-state index is 11.5. The Kier molecular flexibility index (Phi) is 3.60. The van der Waals surface area contributed by atoms with Gasteiger partial charge in [-0.1, -0.05) is 6.07 Å². The van der Waals surface area contributed by atoms with Crippen molar-refractivity contribution in [2.24, 2.45) is 0 Å². The van der Waals surface area contributed by atoms with E-state index in [0.717, 1.165) is 30.0 Å². The summed E-state index contributed by atoms with van der Waals surface area (Å²) in [5, 5.41) is 0. The molecule has 0 aromatic heterocycles. The van der Waals surface area contributed by atoms with Gasteiger partial charge in [-0.05, 0) is 31.2 Å². The number of ether oxygens (including phenoxy) is 2. The fraction of sp³-hybridized carbons (Fsp3) is 0.571. The average Bonchev–Trinajstić information content (AvgIpc) is 2.79. The first-order chi connectivity index (χ1) is 9.53. The van der Waals surface area contributed by atoms with Crippen LogP contribution in [0.25, 0.3) is 0 Å². The number of hydrogen-bond donors (Lipinski definition) is 0. The summed E-state index contributed by atoms with van der Waals surface area (Å²) in [5.74, 6) is 2.14. The van der Waals surface area contributed by atoms with Crippen LogP contribution in [0.3, 0.4) is 0 Å². The number of rotatable bonds is 3. The molecule has 0 aliphatic carbocycles. The van der Waals surface area contributed by atoms with Crippen LogP contribution in [-0.4, -0.2) is 51.1 Å². The SMILES string of the molecule is CN(Cc1ccc2c(c1)OCCO2)[C@@H]1CCS(=O)(=O)C1. The molecular formula is C14H19NO4S. The van der Waals surface area contributed by atoms with Crippen molar-refractivity contribution in [3.8, 4) is 11.5 Å². The van der Waals surface area contributed by atoms with E-state index in [1.54, 1.807) is 0 Å². The van der Waals surface area contributed by atoms with Gasteiger partial charge < -0.3 is 9.47 Å². The molecule has 1 aromatic rings. The van der Waals surface area contributed by atoms with E-state index < -0.39 is 9.84 Å². The first-order valence-corrected chi connectivity index (χ1v) is 8.65. The monoisotopic (exact) mass is 297 g/mol. The second-order valence-corrected chi connectivity index (χ2v) is 7.68. The third kappa shape index (κ3) is 2.91. The van der Waals surface area contributed by atoms with Crippen molar-refractivity contribution in [2.75, 3.05) is 31.8 Å². The lowest BCUT2D eigenvalue weighted by atomic mass is 10.1. The molecule has 0 unspecified atom stereocenters. The molecule has 1 fully saturated rings. The molecule has 5 nitrogen and oxygen atoms in total. The second-order valence-electron chi connectivity index (χ2n) is 5.45. The van der Waals surface area contributed by atoms with E-state index in [9.17, 15) is 8.42 Å². The molecular weight excluding hydrogens is 278 g/mol. The fourth-order valence-corrected chi connectivity index (χ4v) is 4.53. The topological polar surface area (TPSA) is 55.8 Å². The summed E-state index contributed by atoms with van der Waals surface area (Å²) in [6, 6.07) is 6.03. The quantitative estimate of drug-likeness (QED) is 0.835. The Hall–Kier alpha value is -1.27. The smallest absolute Gasteiger partial charge is 0.161 e. The summed E-state index contributed by atoms with van der Waals surface area (Å²) < 4.78 is 34.1. The lowest BCUT2D eigenvalue weighted by Crippen LogP contribution is -2.32. The highest BCUT2D eigenvalue weighted by Gasteiger charge is 2.30. The zero-order valence-electron chi connectivity index (χ0n) is 11.5. The van der Waals surface area contributed by atoms with Crippen molar-refractivity contribution in [1.29, 1.82) is 0 Å². The summed E-state index contributed by atoms with van der Waals surface area (Å²) in [6.07, 6.45) is 0.726. The van der Waals surface area contributed by atoms with Gasteiger partial charge in [-0.3, -0.25) is 4.90 Å². The summed E-state index contributed by atoms with van der Waals surface area (Å²) in [7, 11) is -0.859. The van der Waals surface area contributed by atoms with Crippen molar-refractivity contribution in [3.05, 3.63) is 23.8 Å². The predicted molar refractivity (Wildman–Crippen MR) is 76.0 cm³/mol. The van der Waals surface area contributed by atoms with Gasteiger partial charge in [-0.2, -0.15) is 0 Å². The lowest BCUT2D eigenvalue weighted by molar-refractivity contribution is 0.171. The van der Waals surface area contributed by atoms with Crippen LogP contribution in [0, 0.1) is 0 Å². The molecule has 6 heteroatoms. The molecule has 20 heavy (non-hydrogen) atoms. The van der Waals surface area contributed by atoms with Crippen LogP contribution in [0.1, 0.15) is 12.0 Å². The van der Waals surface area contributed by atoms with Crippen LogP contribution in [0.4, 0.5) is 0 Å². The highest BCUT2D eigenvalue weighted by atomic mass is 32.2. The van der Waals surface area contributed by atoms with E-state index in [2.05, 4.69) is 4.90 Å². The lowest BCUT2D eigenvalue weighted by Gasteiger charge is -2.24. The number of nitrogens with zero attached hydrogens (tertiary/aromatic N) is 1. The Morgan fingerprint density at radius 1 is 1.25 bits per heavy atom. The van der Waals surface area contributed by atoms with Crippen LogP contribution >= 0.6 is 0 Å². The van der Waals surface area contributed by atoms with Crippen LogP contribution in [0.15, 0.2) is 18.2 Å². The minimum Gasteiger partial charge on any atom is -0.486 e. The highest BCUT2D eigenvalue weighted by molar-refractivity contribution is 7.91. The van der Waals surface area contributed by atoms with Gasteiger partial charge in [0.25, 0.3) is 0 Å². The van der Waals surface area contributed by atoms with Crippen LogP contribution in [-0.2, 0) is 16.4 Å². The van der Waals surface area contributed by atoms with Gasteiger partial charge in [-0.15, -0.1) is 0 Å². The molecule has 0 N–H and O–H groups in total. The molecule has 1 saturated heterocycles. The van der Waals surface area contributed by atoms with Gasteiger partial charge in [-0.25, -0.2) is 8.42 Å². The van der Waals surface area contributed by atoms with Crippen molar-refractivity contribution >= 4 is 9.84 Å². The van der Waals surface area contributed by atoms with E-state index in [4.69, 9.17) is 9.47 Å². The largest absolute Gasteiger partial charge is 0.486 e. The Morgan fingerprint density at radius 3 is 2.70 bits per heavy atom. The predicted octanol–water partition coefficient (Wildman–Crippen LogP) is 1.08. The Labute approximate surface area is 119 Å². The Balaban J connectivity index is 1.68. The number of hydrogen-bond acceptors (Lipinski definition) is 5. The fourth-order valence-electron chi connectivity index (χ4n) is 2.73. The number of sulfone groups is 1. The minimum atomic E-state index is -2.83. The van der Waals surface area contributed by atoms with E-state index >= 15 is 0 Å². The van der Waals surface area contributed by atoms with Crippen LogP contribution < -0.4 is 9.47 Å². The van der Waals surface area contributed by atoms with Gasteiger partial charge in [0.15, 0.2) is 21.3 Å². The Bertz CT molecular complexity index is 599. The molecule has 0 bridgehead atoms. The van der Waals surface area contributed by atoms with Gasteiger partial charge >= 0.3 is 0 Å². The van der Waals surface area contributed by atoms with E-state index in [-0.39, 0.29) is 11.8 Å². The number of benzene rings is 1. The third-order valence-electron chi connectivity index (χ3n) is 3.87. The van der Waals surface area contributed by atoms with Crippen molar-refractivity contribution < 1.29 is 17.9 Å². The standard InChI is InChI=1S/C14H19NO4S/c1-15(12-4-7-20(16,17)10-12)9-11-2-3-13-14(8-11)19-6-5-18-13/h2-3,8,12H,4-7,9-10H2,1H3/t12-/m1/s1. The molecule has 1 atom stereocenters. The van der Waals surface area contributed by atoms with E-state index in [1.807, 2.05) is 25.2 Å². The number of fused-ring (bicyclic) bond motifs is 1. The molecule has 0 amide bonds. The van der Waals surface area contributed by atoms with Gasteiger partial charge in [0, 0.05) is 12.6 Å². The summed E-state index contributed by atoms with van der Waals surface area (Å²) in [5.41, 5.74) is 1.11. The normalized spacial score (nSPS) is 24.0. The first-order valence-electron chi connectivity index (χ1n) is 6.83. The molecule has 2 aliphatic rings. The molecule has 2 aliphatic heterocycles. The average molecular weight is 297 g/mol. The van der Waals surface area contributed by atoms with Crippen molar-refractivity contribution in [1.82, 2.24) is 4.90 Å². The van der Waals surface area contributed by atoms with Crippen LogP contribution in [0.5, 0.6) is 11.5 Å². The molecule has 0 spiro atoms.